The number of nitrogens with one attached hydrogen (secondary N) is 4. The molecule has 0 fully saturated rings. The second kappa shape index (κ2) is 12.6. The van der Waals surface area contributed by atoms with Crippen molar-refractivity contribution in [2.24, 2.45) is 0 Å². The first-order valence-electron chi connectivity index (χ1n) is 9.93. The first kappa shape index (κ1) is 24.2. The Labute approximate surface area is 186 Å². The number of hydrogen-bond acceptors (Lipinski definition) is 5. The molecular formula is C22H27ClN4O4. The highest BCUT2D eigenvalue weighted by Crippen LogP contribution is 2.25. The van der Waals surface area contributed by atoms with Gasteiger partial charge in [0.05, 0.1) is 23.9 Å². The van der Waals surface area contributed by atoms with Gasteiger partial charge < -0.3 is 26.0 Å². The van der Waals surface area contributed by atoms with Crippen LogP contribution in [0, 0.1) is 0 Å². The van der Waals surface area contributed by atoms with Gasteiger partial charge in [-0.25, -0.2) is 0 Å². The maximum atomic E-state index is 12.3. The lowest BCUT2D eigenvalue weighted by molar-refractivity contribution is -0.116. The molecule has 2 aromatic carbocycles. The van der Waals surface area contributed by atoms with Crippen LogP contribution in [0.2, 0.25) is 5.02 Å². The number of halogens is 1. The first-order valence-corrected chi connectivity index (χ1v) is 10.3. The maximum Gasteiger partial charge on any atom is 0.251 e. The molecule has 2 aromatic rings. The Morgan fingerprint density at radius 1 is 1.00 bits per heavy atom. The van der Waals surface area contributed by atoms with Crippen LogP contribution in [0.4, 0.5) is 17.1 Å². The Kier molecular flexibility index (Phi) is 9.80. The van der Waals surface area contributed by atoms with Gasteiger partial charge in [0.2, 0.25) is 11.8 Å². The summed E-state index contributed by atoms with van der Waals surface area (Å²) in [5, 5.41) is 11.6. The molecule has 31 heavy (non-hydrogen) atoms. The largest absolute Gasteiger partial charge is 0.383 e. The van der Waals surface area contributed by atoms with Gasteiger partial charge in [0.25, 0.3) is 5.91 Å². The molecule has 2 rings (SSSR count). The Morgan fingerprint density at radius 2 is 1.74 bits per heavy atom. The molecule has 0 spiro atoms. The zero-order valence-electron chi connectivity index (χ0n) is 17.6. The predicted molar refractivity (Wildman–Crippen MR) is 123 cm³/mol. The Bertz CT molecular complexity index is 920. The highest BCUT2D eigenvalue weighted by molar-refractivity contribution is 6.33. The molecule has 9 heteroatoms. The first-order chi connectivity index (χ1) is 14.9. The van der Waals surface area contributed by atoms with E-state index in [1.54, 1.807) is 49.6 Å². The van der Waals surface area contributed by atoms with Gasteiger partial charge in [0.1, 0.15) is 0 Å². The van der Waals surface area contributed by atoms with Gasteiger partial charge >= 0.3 is 0 Å². The van der Waals surface area contributed by atoms with E-state index in [9.17, 15) is 14.4 Å². The smallest absolute Gasteiger partial charge is 0.251 e. The van der Waals surface area contributed by atoms with Gasteiger partial charge in [-0.1, -0.05) is 24.6 Å². The van der Waals surface area contributed by atoms with Gasteiger partial charge in [-0.2, -0.15) is 0 Å². The zero-order chi connectivity index (χ0) is 22.6. The number of rotatable bonds is 11. The number of methoxy groups -OCH3 is 1. The summed E-state index contributed by atoms with van der Waals surface area (Å²) in [5.41, 5.74) is 2.05. The van der Waals surface area contributed by atoms with E-state index >= 15 is 0 Å². The lowest BCUT2D eigenvalue weighted by Gasteiger charge is -2.12. The highest BCUT2D eigenvalue weighted by atomic mass is 35.5. The van der Waals surface area contributed by atoms with Crippen LogP contribution < -0.4 is 21.3 Å². The Balaban J connectivity index is 1.93. The summed E-state index contributed by atoms with van der Waals surface area (Å²) < 4.78 is 4.90. The van der Waals surface area contributed by atoms with Crippen LogP contribution in [-0.2, 0) is 14.3 Å². The second-order valence-electron chi connectivity index (χ2n) is 6.72. The van der Waals surface area contributed by atoms with Crippen LogP contribution in [0.1, 0.15) is 30.1 Å². The van der Waals surface area contributed by atoms with Crippen molar-refractivity contribution in [2.45, 2.75) is 19.8 Å². The number of amides is 3. The monoisotopic (exact) mass is 446 g/mol. The third-order valence-electron chi connectivity index (χ3n) is 4.17. The summed E-state index contributed by atoms with van der Waals surface area (Å²) in [5.74, 6) is -0.645. The van der Waals surface area contributed by atoms with Crippen molar-refractivity contribution >= 4 is 46.4 Å². The van der Waals surface area contributed by atoms with Crippen molar-refractivity contribution in [1.29, 1.82) is 0 Å². The molecule has 0 unspecified atom stereocenters. The fraction of sp³-hybridized carbons (Fsp3) is 0.318. The molecule has 0 atom stereocenters. The average Bonchev–Trinajstić information content (AvgIpc) is 2.74. The summed E-state index contributed by atoms with van der Waals surface area (Å²) >= 11 is 6.19. The number of anilines is 3. The predicted octanol–water partition coefficient (Wildman–Crippen LogP) is 3.51. The minimum Gasteiger partial charge on any atom is -0.383 e. The van der Waals surface area contributed by atoms with Crippen LogP contribution in [0.15, 0.2) is 42.5 Å². The third kappa shape index (κ3) is 8.27. The topological polar surface area (TPSA) is 109 Å². The molecule has 0 aliphatic carbocycles. The zero-order valence-corrected chi connectivity index (χ0v) is 18.3. The number of ether oxygens (including phenoxy) is 1. The van der Waals surface area contributed by atoms with E-state index in [-0.39, 0.29) is 24.3 Å². The van der Waals surface area contributed by atoms with Crippen molar-refractivity contribution in [1.82, 2.24) is 5.32 Å². The number of carbonyl (C=O) groups excluding carboxylic acids is 3. The minimum absolute atomic E-state index is 0.0453. The van der Waals surface area contributed by atoms with Crippen LogP contribution in [0.3, 0.4) is 0 Å². The van der Waals surface area contributed by atoms with E-state index in [4.69, 9.17) is 16.3 Å². The fourth-order valence-corrected chi connectivity index (χ4v) is 2.86. The number of hydrogen-bond donors (Lipinski definition) is 4. The highest BCUT2D eigenvalue weighted by Gasteiger charge is 2.10. The molecule has 8 nitrogen and oxygen atoms in total. The standard InChI is InChI=1S/C22H27ClN4O4/c1-3-5-20(28)26-17-8-9-18(23)19(13-17)25-14-21(29)27-16-7-4-6-15(12-16)22(30)24-10-11-31-2/h4,6-9,12-13,25H,3,5,10-11,14H2,1-2H3,(H,24,30)(H,26,28)(H,27,29). The van der Waals surface area contributed by atoms with Gasteiger partial charge in [0.15, 0.2) is 0 Å². The summed E-state index contributed by atoms with van der Waals surface area (Å²) in [7, 11) is 1.56. The molecule has 0 aliphatic heterocycles. The van der Waals surface area contributed by atoms with Crippen molar-refractivity contribution < 1.29 is 19.1 Å². The van der Waals surface area contributed by atoms with Crippen LogP contribution >= 0.6 is 11.6 Å². The van der Waals surface area contributed by atoms with Crippen molar-refractivity contribution in [3.05, 3.63) is 53.1 Å². The van der Waals surface area contributed by atoms with Crippen molar-refractivity contribution in [3.63, 3.8) is 0 Å². The SMILES string of the molecule is CCCC(=O)Nc1ccc(Cl)c(NCC(=O)Nc2cccc(C(=O)NCCOC)c2)c1. The van der Waals surface area contributed by atoms with Crippen molar-refractivity contribution in [2.75, 3.05) is 42.8 Å². The third-order valence-corrected chi connectivity index (χ3v) is 4.50. The Morgan fingerprint density at radius 3 is 2.48 bits per heavy atom. The van der Waals surface area contributed by atoms with E-state index in [0.29, 0.717) is 47.2 Å². The Hall–Kier alpha value is -3.10. The second-order valence-corrected chi connectivity index (χ2v) is 7.13. The summed E-state index contributed by atoms with van der Waals surface area (Å²) in [6.45, 7) is 2.70. The average molecular weight is 447 g/mol. The minimum atomic E-state index is -0.312. The summed E-state index contributed by atoms with van der Waals surface area (Å²) in [6.07, 6.45) is 1.18. The molecule has 0 aliphatic rings. The summed E-state index contributed by atoms with van der Waals surface area (Å²) in [4.78, 5) is 36.2. The number of carbonyl (C=O) groups is 3. The fourth-order valence-electron chi connectivity index (χ4n) is 2.68. The molecule has 4 N–H and O–H groups in total. The van der Waals surface area contributed by atoms with E-state index < -0.39 is 0 Å². The molecule has 0 saturated heterocycles. The molecule has 0 saturated carbocycles. The lowest BCUT2D eigenvalue weighted by Crippen LogP contribution is -2.27. The summed E-state index contributed by atoms with van der Waals surface area (Å²) in [6, 6.07) is 11.7. The number of benzene rings is 2. The maximum absolute atomic E-state index is 12.3. The molecule has 0 heterocycles. The van der Waals surface area contributed by atoms with E-state index in [0.717, 1.165) is 6.42 Å². The van der Waals surface area contributed by atoms with E-state index in [2.05, 4.69) is 21.3 Å². The lowest BCUT2D eigenvalue weighted by atomic mass is 10.2. The molecule has 0 aromatic heterocycles. The van der Waals surface area contributed by atoms with Gasteiger partial charge in [-0.3, -0.25) is 14.4 Å². The normalized spacial score (nSPS) is 10.3. The van der Waals surface area contributed by atoms with Crippen LogP contribution in [0.5, 0.6) is 0 Å². The van der Waals surface area contributed by atoms with E-state index in [1.807, 2.05) is 6.92 Å². The van der Waals surface area contributed by atoms with E-state index in [1.165, 1.54) is 0 Å². The van der Waals surface area contributed by atoms with Gasteiger partial charge in [-0.15, -0.1) is 0 Å². The quantitative estimate of drug-likeness (QED) is 0.395. The molecule has 166 valence electrons. The van der Waals surface area contributed by atoms with Crippen LogP contribution in [0.25, 0.3) is 0 Å². The van der Waals surface area contributed by atoms with Crippen LogP contribution in [-0.4, -0.2) is 44.5 Å². The molecule has 0 bridgehead atoms. The molecular weight excluding hydrogens is 420 g/mol. The van der Waals surface area contributed by atoms with Gasteiger partial charge in [0, 0.05) is 37.0 Å². The van der Waals surface area contributed by atoms with Gasteiger partial charge in [-0.05, 0) is 42.8 Å². The molecule has 3 amide bonds. The molecule has 0 radical (unpaired) electrons. The van der Waals surface area contributed by atoms with Crippen molar-refractivity contribution in [3.8, 4) is 0 Å².